The van der Waals surface area contributed by atoms with E-state index in [4.69, 9.17) is 4.74 Å². The smallest absolute Gasteiger partial charge is 0.137 e. The van der Waals surface area contributed by atoms with E-state index in [1.807, 2.05) is 12.1 Å². The van der Waals surface area contributed by atoms with Crippen molar-refractivity contribution in [2.24, 2.45) is 0 Å². The SMILES string of the molecule is CCC1CN(Cc2ccc(F)c(Br)c2)CCO1. The molecule has 0 saturated carbocycles. The third kappa shape index (κ3) is 3.50. The molecule has 1 heterocycles. The van der Waals surface area contributed by atoms with E-state index in [0.29, 0.717) is 10.6 Å². The molecule has 1 aromatic rings. The van der Waals surface area contributed by atoms with Crippen molar-refractivity contribution < 1.29 is 9.13 Å². The predicted octanol–water partition coefficient (Wildman–Crippen LogP) is 3.20. The Kier molecular flexibility index (Phi) is 4.54. The fourth-order valence-corrected chi connectivity index (χ4v) is 2.49. The molecule has 0 spiro atoms. The number of halogens is 2. The maximum absolute atomic E-state index is 13.1. The van der Waals surface area contributed by atoms with Gasteiger partial charge in [0.2, 0.25) is 0 Å². The molecule has 1 fully saturated rings. The van der Waals surface area contributed by atoms with Gasteiger partial charge in [-0.2, -0.15) is 0 Å². The van der Waals surface area contributed by atoms with Crippen LogP contribution >= 0.6 is 15.9 Å². The van der Waals surface area contributed by atoms with E-state index in [-0.39, 0.29) is 5.82 Å². The Bertz CT molecular complexity index is 386. The summed E-state index contributed by atoms with van der Waals surface area (Å²) in [5.41, 5.74) is 1.13. The standard InChI is InChI=1S/C13H17BrFNO/c1-2-11-9-16(5-6-17-11)8-10-3-4-13(15)12(14)7-10/h3-4,7,11H,2,5-6,8-9H2,1H3. The second-order valence-electron chi connectivity index (χ2n) is 4.38. The van der Waals surface area contributed by atoms with Crippen molar-refractivity contribution in [2.75, 3.05) is 19.7 Å². The molecule has 0 bridgehead atoms. The lowest BCUT2D eigenvalue weighted by atomic mass is 10.1. The van der Waals surface area contributed by atoms with Gasteiger partial charge < -0.3 is 4.74 Å². The summed E-state index contributed by atoms with van der Waals surface area (Å²) >= 11 is 3.22. The van der Waals surface area contributed by atoms with E-state index < -0.39 is 0 Å². The molecule has 2 nitrogen and oxygen atoms in total. The highest BCUT2D eigenvalue weighted by molar-refractivity contribution is 9.10. The molecule has 4 heteroatoms. The van der Waals surface area contributed by atoms with Crippen LogP contribution in [0.3, 0.4) is 0 Å². The molecular formula is C13H17BrFNO. The van der Waals surface area contributed by atoms with Crippen LogP contribution in [0.1, 0.15) is 18.9 Å². The number of hydrogen-bond acceptors (Lipinski definition) is 2. The van der Waals surface area contributed by atoms with Gasteiger partial charge in [0.25, 0.3) is 0 Å². The third-order valence-corrected chi connectivity index (χ3v) is 3.68. The van der Waals surface area contributed by atoms with Gasteiger partial charge in [0.15, 0.2) is 0 Å². The largest absolute Gasteiger partial charge is 0.376 e. The van der Waals surface area contributed by atoms with Crippen LogP contribution in [0, 0.1) is 5.82 Å². The predicted molar refractivity (Wildman–Crippen MR) is 69.4 cm³/mol. The summed E-state index contributed by atoms with van der Waals surface area (Å²) in [6.07, 6.45) is 1.39. The fourth-order valence-electron chi connectivity index (χ4n) is 2.07. The van der Waals surface area contributed by atoms with Gasteiger partial charge in [-0.25, -0.2) is 4.39 Å². The molecule has 17 heavy (non-hydrogen) atoms. The van der Waals surface area contributed by atoms with Crippen molar-refractivity contribution in [1.82, 2.24) is 4.90 Å². The molecule has 0 aliphatic carbocycles. The maximum atomic E-state index is 13.1. The van der Waals surface area contributed by atoms with Crippen molar-refractivity contribution in [3.05, 3.63) is 34.1 Å². The van der Waals surface area contributed by atoms with E-state index in [0.717, 1.165) is 38.2 Å². The normalized spacial score (nSPS) is 21.7. The van der Waals surface area contributed by atoms with Gasteiger partial charge in [0.05, 0.1) is 17.2 Å². The zero-order chi connectivity index (χ0) is 12.3. The Labute approximate surface area is 110 Å². The Morgan fingerprint density at radius 1 is 1.53 bits per heavy atom. The average Bonchev–Trinajstić information content (AvgIpc) is 2.34. The highest BCUT2D eigenvalue weighted by atomic mass is 79.9. The summed E-state index contributed by atoms with van der Waals surface area (Å²) in [6.45, 7) is 5.71. The topological polar surface area (TPSA) is 12.5 Å². The molecule has 1 unspecified atom stereocenters. The van der Waals surface area contributed by atoms with Crippen LogP contribution in [0.4, 0.5) is 4.39 Å². The Balaban J connectivity index is 1.97. The fraction of sp³-hybridized carbons (Fsp3) is 0.538. The number of hydrogen-bond donors (Lipinski definition) is 0. The molecule has 1 aliphatic heterocycles. The zero-order valence-electron chi connectivity index (χ0n) is 9.96. The minimum absolute atomic E-state index is 0.206. The molecule has 1 atom stereocenters. The quantitative estimate of drug-likeness (QED) is 0.850. The highest BCUT2D eigenvalue weighted by Crippen LogP contribution is 2.19. The summed E-state index contributed by atoms with van der Waals surface area (Å²) in [4.78, 5) is 2.36. The van der Waals surface area contributed by atoms with E-state index in [2.05, 4.69) is 27.8 Å². The lowest BCUT2D eigenvalue weighted by molar-refractivity contribution is -0.0324. The van der Waals surface area contributed by atoms with Crippen molar-refractivity contribution in [2.45, 2.75) is 26.0 Å². The van der Waals surface area contributed by atoms with Crippen LogP contribution < -0.4 is 0 Å². The number of rotatable bonds is 3. The van der Waals surface area contributed by atoms with Crippen molar-refractivity contribution in [1.29, 1.82) is 0 Å². The van der Waals surface area contributed by atoms with Crippen LogP contribution in [-0.4, -0.2) is 30.7 Å². The van der Waals surface area contributed by atoms with E-state index in [1.165, 1.54) is 6.07 Å². The molecular weight excluding hydrogens is 285 g/mol. The monoisotopic (exact) mass is 301 g/mol. The summed E-state index contributed by atoms with van der Waals surface area (Å²) < 4.78 is 19.3. The van der Waals surface area contributed by atoms with Gasteiger partial charge in [0.1, 0.15) is 5.82 Å². The number of ether oxygens (including phenoxy) is 1. The van der Waals surface area contributed by atoms with Crippen LogP contribution in [0.2, 0.25) is 0 Å². The van der Waals surface area contributed by atoms with Gasteiger partial charge in [-0.3, -0.25) is 4.90 Å². The molecule has 1 aliphatic rings. The van der Waals surface area contributed by atoms with Crippen LogP contribution in [-0.2, 0) is 11.3 Å². The first-order chi connectivity index (χ1) is 8.19. The second kappa shape index (κ2) is 5.94. The Morgan fingerprint density at radius 3 is 3.06 bits per heavy atom. The first-order valence-electron chi connectivity index (χ1n) is 5.97. The van der Waals surface area contributed by atoms with E-state index in [1.54, 1.807) is 0 Å². The van der Waals surface area contributed by atoms with Gasteiger partial charge in [0, 0.05) is 19.6 Å². The third-order valence-electron chi connectivity index (χ3n) is 3.07. The minimum Gasteiger partial charge on any atom is -0.376 e. The lowest BCUT2D eigenvalue weighted by Gasteiger charge is -2.32. The molecule has 0 aromatic heterocycles. The van der Waals surface area contributed by atoms with Gasteiger partial charge in [-0.1, -0.05) is 13.0 Å². The molecule has 0 N–H and O–H groups in total. The summed E-state index contributed by atoms with van der Waals surface area (Å²) in [6, 6.07) is 5.21. The van der Waals surface area contributed by atoms with Crippen LogP contribution in [0.25, 0.3) is 0 Å². The van der Waals surface area contributed by atoms with Gasteiger partial charge in [-0.05, 0) is 40.0 Å². The first-order valence-corrected chi connectivity index (χ1v) is 6.76. The Morgan fingerprint density at radius 2 is 2.35 bits per heavy atom. The zero-order valence-corrected chi connectivity index (χ0v) is 11.5. The molecule has 2 rings (SSSR count). The van der Waals surface area contributed by atoms with Crippen LogP contribution in [0.15, 0.2) is 22.7 Å². The number of benzene rings is 1. The number of morpholine rings is 1. The van der Waals surface area contributed by atoms with E-state index in [9.17, 15) is 4.39 Å². The summed E-state index contributed by atoms with van der Waals surface area (Å²) in [5, 5.41) is 0. The molecule has 0 amide bonds. The highest BCUT2D eigenvalue weighted by Gasteiger charge is 2.18. The average molecular weight is 302 g/mol. The van der Waals surface area contributed by atoms with E-state index >= 15 is 0 Å². The van der Waals surface area contributed by atoms with Crippen LogP contribution in [0.5, 0.6) is 0 Å². The molecule has 1 aromatic carbocycles. The van der Waals surface area contributed by atoms with Crippen molar-refractivity contribution >= 4 is 15.9 Å². The number of nitrogens with zero attached hydrogens (tertiary/aromatic N) is 1. The van der Waals surface area contributed by atoms with Gasteiger partial charge in [-0.15, -0.1) is 0 Å². The summed E-state index contributed by atoms with van der Waals surface area (Å²) in [5.74, 6) is -0.206. The molecule has 94 valence electrons. The second-order valence-corrected chi connectivity index (χ2v) is 5.24. The van der Waals surface area contributed by atoms with Crippen molar-refractivity contribution in [3.8, 4) is 0 Å². The molecule has 1 saturated heterocycles. The Hall–Kier alpha value is -0.450. The first kappa shape index (κ1) is 13.0. The molecule has 0 radical (unpaired) electrons. The van der Waals surface area contributed by atoms with Gasteiger partial charge >= 0.3 is 0 Å². The summed E-state index contributed by atoms with van der Waals surface area (Å²) in [7, 11) is 0. The van der Waals surface area contributed by atoms with Crippen molar-refractivity contribution in [3.63, 3.8) is 0 Å². The minimum atomic E-state index is -0.206. The maximum Gasteiger partial charge on any atom is 0.137 e. The lowest BCUT2D eigenvalue weighted by Crippen LogP contribution is -2.41.